The molecule has 0 saturated carbocycles. The fourth-order valence-electron chi connectivity index (χ4n) is 2.50. The van der Waals surface area contributed by atoms with E-state index in [-0.39, 0.29) is 18.1 Å². The number of nitro benzene ring substituents is 1. The molecule has 1 aromatic rings. The van der Waals surface area contributed by atoms with Gasteiger partial charge >= 0.3 is 6.18 Å². The van der Waals surface area contributed by atoms with Gasteiger partial charge in [-0.15, -0.1) is 0 Å². The van der Waals surface area contributed by atoms with Gasteiger partial charge in [-0.2, -0.15) is 13.2 Å². The molecule has 0 bridgehead atoms. The molecule has 1 unspecified atom stereocenters. The van der Waals surface area contributed by atoms with Gasteiger partial charge in [0.1, 0.15) is 5.56 Å². The smallest absolute Gasteiger partial charge is 0.342 e. The first-order chi connectivity index (χ1) is 11.1. The Bertz CT molecular complexity index is 690. The Hall–Kier alpha value is -2.65. The van der Waals surface area contributed by atoms with Crippen LogP contribution in [0.25, 0.3) is 0 Å². The van der Waals surface area contributed by atoms with E-state index in [4.69, 9.17) is 0 Å². The van der Waals surface area contributed by atoms with Crippen molar-refractivity contribution in [3.8, 4) is 0 Å². The van der Waals surface area contributed by atoms with E-state index < -0.39 is 34.2 Å². The Kier molecular flexibility index (Phi) is 4.76. The topological polar surface area (TPSA) is 92.6 Å². The van der Waals surface area contributed by atoms with Crippen LogP contribution in [0.2, 0.25) is 0 Å². The molecule has 1 N–H and O–H groups in total. The summed E-state index contributed by atoms with van der Waals surface area (Å²) in [4.78, 5) is 34.4. The van der Waals surface area contributed by atoms with Gasteiger partial charge in [0.25, 0.3) is 5.69 Å². The molecule has 1 saturated heterocycles. The van der Waals surface area contributed by atoms with Crippen LogP contribution < -0.4 is 5.32 Å². The Balaban J connectivity index is 2.17. The first-order valence-corrected chi connectivity index (χ1v) is 7.01. The summed E-state index contributed by atoms with van der Waals surface area (Å²) >= 11 is 0. The highest BCUT2D eigenvalue weighted by atomic mass is 19.4. The highest BCUT2D eigenvalue weighted by Crippen LogP contribution is 2.37. The van der Waals surface area contributed by atoms with Crippen LogP contribution in [0.5, 0.6) is 0 Å². The second-order valence-corrected chi connectivity index (χ2v) is 5.43. The van der Waals surface area contributed by atoms with Gasteiger partial charge < -0.3 is 10.2 Å². The van der Waals surface area contributed by atoms with Gasteiger partial charge in [0.05, 0.1) is 10.8 Å². The summed E-state index contributed by atoms with van der Waals surface area (Å²) in [6.45, 7) is 1.97. The third kappa shape index (κ3) is 3.81. The number of nitro groups is 1. The number of carbonyl (C=O) groups excluding carboxylic acids is 2. The zero-order valence-electron chi connectivity index (χ0n) is 12.6. The number of benzene rings is 1. The predicted molar refractivity (Wildman–Crippen MR) is 77.1 cm³/mol. The lowest BCUT2D eigenvalue weighted by Crippen LogP contribution is -2.29. The number of anilines is 1. The van der Waals surface area contributed by atoms with Gasteiger partial charge in [-0.05, 0) is 18.6 Å². The number of likely N-dealkylation sites (tertiary alicyclic amines) is 1. The zero-order chi connectivity index (χ0) is 18.1. The highest BCUT2D eigenvalue weighted by Gasteiger charge is 2.38. The molecule has 1 aliphatic rings. The van der Waals surface area contributed by atoms with E-state index in [0.717, 1.165) is 6.07 Å². The Morgan fingerprint density at radius 1 is 1.38 bits per heavy atom. The molecule has 2 amide bonds. The van der Waals surface area contributed by atoms with Crippen molar-refractivity contribution < 1.29 is 27.7 Å². The van der Waals surface area contributed by atoms with Gasteiger partial charge in [0.2, 0.25) is 11.8 Å². The molecule has 1 atom stereocenters. The number of nitrogens with zero attached hydrogens (tertiary/aromatic N) is 2. The van der Waals surface area contributed by atoms with Crippen LogP contribution in [-0.2, 0) is 15.8 Å². The predicted octanol–water partition coefficient (Wildman–Crippen LogP) is 2.42. The Morgan fingerprint density at radius 2 is 2.04 bits per heavy atom. The summed E-state index contributed by atoms with van der Waals surface area (Å²) in [6.07, 6.45) is -4.51. The zero-order valence-corrected chi connectivity index (χ0v) is 12.6. The van der Waals surface area contributed by atoms with Crippen molar-refractivity contribution >= 4 is 23.2 Å². The van der Waals surface area contributed by atoms with E-state index in [2.05, 4.69) is 5.32 Å². The molecule has 130 valence electrons. The van der Waals surface area contributed by atoms with Crippen molar-refractivity contribution in [2.75, 3.05) is 18.4 Å². The SMILES string of the molecule is CC(=O)N1CCC(C(=O)Nc2ccc([N+](=O)[O-])c(C(F)(F)F)c2)C1. The minimum absolute atomic E-state index is 0.181. The summed E-state index contributed by atoms with van der Waals surface area (Å²) in [5.41, 5.74) is -2.69. The van der Waals surface area contributed by atoms with Crippen LogP contribution in [0.3, 0.4) is 0 Å². The number of nitrogens with one attached hydrogen (secondary N) is 1. The van der Waals surface area contributed by atoms with E-state index in [1.807, 2.05) is 0 Å². The van der Waals surface area contributed by atoms with Gasteiger partial charge in [0.15, 0.2) is 0 Å². The maximum atomic E-state index is 12.9. The lowest BCUT2D eigenvalue weighted by atomic mass is 10.1. The molecule has 1 aliphatic heterocycles. The monoisotopic (exact) mass is 345 g/mol. The molecule has 0 spiro atoms. The third-order valence-corrected chi connectivity index (χ3v) is 3.77. The van der Waals surface area contributed by atoms with Crippen molar-refractivity contribution in [1.82, 2.24) is 4.90 Å². The van der Waals surface area contributed by atoms with Gasteiger partial charge in [0, 0.05) is 31.8 Å². The molecule has 2 rings (SSSR count). The average molecular weight is 345 g/mol. The second kappa shape index (κ2) is 6.46. The lowest BCUT2D eigenvalue weighted by molar-refractivity contribution is -0.388. The van der Waals surface area contributed by atoms with Crippen LogP contribution in [0.15, 0.2) is 18.2 Å². The van der Waals surface area contributed by atoms with Crippen LogP contribution in [0.4, 0.5) is 24.5 Å². The number of hydrogen-bond acceptors (Lipinski definition) is 4. The molecule has 0 aromatic heterocycles. The van der Waals surface area contributed by atoms with Crippen LogP contribution in [-0.4, -0.2) is 34.7 Å². The average Bonchev–Trinajstić information content (AvgIpc) is 2.96. The molecule has 0 radical (unpaired) electrons. The van der Waals surface area contributed by atoms with Crippen molar-refractivity contribution in [1.29, 1.82) is 0 Å². The number of alkyl halides is 3. The van der Waals surface area contributed by atoms with Crippen molar-refractivity contribution in [3.05, 3.63) is 33.9 Å². The lowest BCUT2D eigenvalue weighted by Gasteiger charge is -2.15. The van der Waals surface area contributed by atoms with Crippen molar-refractivity contribution in [2.45, 2.75) is 19.5 Å². The number of carbonyl (C=O) groups is 2. The van der Waals surface area contributed by atoms with Gasteiger partial charge in [-0.3, -0.25) is 19.7 Å². The molecule has 24 heavy (non-hydrogen) atoms. The van der Waals surface area contributed by atoms with Crippen molar-refractivity contribution in [2.24, 2.45) is 5.92 Å². The highest BCUT2D eigenvalue weighted by molar-refractivity contribution is 5.93. The third-order valence-electron chi connectivity index (χ3n) is 3.77. The van der Waals surface area contributed by atoms with E-state index in [9.17, 15) is 32.9 Å². The van der Waals surface area contributed by atoms with Crippen LogP contribution >= 0.6 is 0 Å². The summed E-state index contributed by atoms with van der Waals surface area (Å²) in [5.74, 6) is -1.24. The molecule has 1 heterocycles. The fraction of sp³-hybridized carbons (Fsp3) is 0.429. The minimum Gasteiger partial charge on any atom is -0.342 e. The molecule has 7 nitrogen and oxygen atoms in total. The minimum atomic E-state index is -4.91. The summed E-state index contributed by atoms with van der Waals surface area (Å²) in [7, 11) is 0. The van der Waals surface area contributed by atoms with E-state index in [1.54, 1.807) is 0 Å². The first kappa shape index (κ1) is 17.7. The van der Waals surface area contributed by atoms with Gasteiger partial charge in [-0.1, -0.05) is 0 Å². The van der Waals surface area contributed by atoms with E-state index in [0.29, 0.717) is 25.1 Å². The first-order valence-electron chi connectivity index (χ1n) is 7.01. The quantitative estimate of drug-likeness (QED) is 0.673. The Morgan fingerprint density at radius 3 is 2.54 bits per heavy atom. The standard InChI is InChI=1S/C14H14F3N3O4/c1-8(21)19-5-4-9(7-19)13(22)18-10-2-3-12(20(23)24)11(6-10)14(15,16)17/h2-3,6,9H,4-5,7H2,1H3,(H,18,22). The molecular weight excluding hydrogens is 331 g/mol. The largest absolute Gasteiger partial charge is 0.423 e. The van der Waals surface area contributed by atoms with E-state index >= 15 is 0 Å². The van der Waals surface area contributed by atoms with Crippen molar-refractivity contribution in [3.63, 3.8) is 0 Å². The number of rotatable bonds is 3. The summed E-state index contributed by atoms with van der Waals surface area (Å²) < 4.78 is 38.7. The van der Waals surface area contributed by atoms with Crippen LogP contribution in [0, 0.1) is 16.0 Å². The molecule has 1 fully saturated rings. The normalized spacial score (nSPS) is 17.7. The summed E-state index contributed by atoms with van der Waals surface area (Å²) in [5, 5.41) is 13.0. The van der Waals surface area contributed by atoms with Crippen LogP contribution in [0.1, 0.15) is 18.9 Å². The molecular formula is C14H14F3N3O4. The Labute approximate surface area is 134 Å². The number of halogens is 3. The number of hydrogen-bond donors (Lipinski definition) is 1. The maximum Gasteiger partial charge on any atom is 0.423 e. The molecule has 0 aliphatic carbocycles. The maximum absolute atomic E-state index is 12.9. The fourth-order valence-corrected chi connectivity index (χ4v) is 2.50. The number of amides is 2. The molecule has 10 heteroatoms. The summed E-state index contributed by atoms with van der Waals surface area (Å²) in [6, 6.07) is 2.28. The molecule has 1 aromatic carbocycles. The second-order valence-electron chi connectivity index (χ2n) is 5.43. The van der Waals surface area contributed by atoms with Gasteiger partial charge in [-0.25, -0.2) is 0 Å². The van der Waals surface area contributed by atoms with E-state index in [1.165, 1.54) is 11.8 Å².